The number of fused-ring (bicyclic) bond motifs is 1. The van der Waals surface area contributed by atoms with Gasteiger partial charge in [-0.05, 0) is 67.8 Å². The number of rotatable bonds is 5. The first kappa shape index (κ1) is 21.9. The Kier molecular flexibility index (Phi) is 5.93. The molecule has 0 aromatic heterocycles. The van der Waals surface area contributed by atoms with E-state index in [1.165, 1.54) is 4.31 Å². The fourth-order valence-electron chi connectivity index (χ4n) is 3.61. The molecule has 7 heteroatoms. The van der Waals surface area contributed by atoms with Gasteiger partial charge in [-0.2, -0.15) is 0 Å². The van der Waals surface area contributed by atoms with Gasteiger partial charge < -0.3 is 10.1 Å². The van der Waals surface area contributed by atoms with Gasteiger partial charge >= 0.3 is 0 Å². The van der Waals surface area contributed by atoms with E-state index in [-0.39, 0.29) is 11.4 Å². The van der Waals surface area contributed by atoms with Crippen LogP contribution in [0.3, 0.4) is 0 Å². The predicted molar refractivity (Wildman–Crippen MR) is 126 cm³/mol. The minimum atomic E-state index is -3.88. The highest BCUT2D eigenvalue weighted by atomic mass is 32.2. The lowest BCUT2D eigenvalue weighted by atomic mass is 10.1. The molecular weight excluding hydrogens is 424 g/mol. The first-order valence-electron chi connectivity index (χ1n) is 10.5. The van der Waals surface area contributed by atoms with Crippen molar-refractivity contribution in [3.05, 3.63) is 83.4 Å². The predicted octanol–water partition coefficient (Wildman–Crippen LogP) is 4.46. The summed E-state index contributed by atoms with van der Waals surface area (Å²) in [5, 5.41) is 2.84. The Morgan fingerprint density at radius 1 is 1.00 bits per heavy atom. The van der Waals surface area contributed by atoms with Crippen LogP contribution >= 0.6 is 0 Å². The topological polar surface area (TPSA) is 75.7 Å². The number of carbonyl (C=O) groups is 1. The molecule has 1 aliphatic heterocycles. The highest BCUT2D eigenvalue weighted by molar-refractivity contribution is 7.92. The van der Waals surface area contributed by atoms with Crippen molar-refractivity contribution in [2.75, 3.05) is 16.2 Å². The first-order chi connectivity index (χ1) is 15.3. The maximum atomic E-state index is 13.5. The van der Waals surface area contributed by atoms with Gasteiger partial charge in [0.1, 0.15) is 5.75 Å². The Hall–Kier alpha value is -3.32. The molecule has 0 saturated heterocycles. The zero-order valence-corrected chi connectivity index (χ0v) is 19.1. The summed E-state index contributed by atoms with van der Waals surface area (Å²) >= 11 is 0. The maximum Gasteiger partial charge on any atom is 0.267 e. The van der Waals surface area contributed by atoms with E-state index in [4.69, 9.17) is 4.74 Å². The largest absolute Gasteiger partial charge is 0.476 e. The fourth-order valence-corrected chi connectivity index (χ4v) is 5.08. The van der Waals surface area contributed by atoms with E-state index >= 15 is 0 Å². The Morgan fingerprint density at radius 3 is 2.31 bits per heavy atom. The van der Waals surface area contributed by atoms with Gasteiger partial charge in [-0.25, -0.2) is 8.42 Å². The van der Waals surface area contributed by atoms with Gasteiger partial charge in [0.05, 0.1) is 17.1 Å². The van der Waals surface area contributed by atoms with Crippen LogP contribution in [0.25, 0.3) is 0 Å². The summed E-state index contributed by atoms with van der Waals surface area (Å²) in [4.78, 5) is 13.2. The number of nitrogens with zero attached hydrogens (tertiary/aromatic N) is 1. The second kappa shape index (κ2) is 8.67. The lowest BCUT2D eigenvalue weighted by molar-refractivity contribution is -0.122. The monoisotopic (exact) mass is 450 g/mol. The van der Waals surface area contributed by atoms with Crippen LogP contribution < -0.4 is 14.4 Å². The Labute approximate surface area is 188 Å². The van der Waals surface area contributed by atoms with Crippen molar-refractivity contribution < 1.29 is 17.9 Å². The van der Waals surface area contributed by atoms with E-state index in [0.717, 1.165) is 23.1 Å². The minimum absolute atomic E-state index is 0.120. The highest BCUT2D eigenvalue weighted by Crippen LogP contribution is 2.38. The molecule has 0 fully saturated rings. The van der Waals surface area contributed by atoms with Gasteiger partial charge in [0.15, 0.2) is 6.10 Å². The van der Waals surface area contributed by atoms with E-state index in [1.54, 1.807) is 36.4 Å². The lowest BCUT2D eigenvalue weighted by Gasteiger charge is -2.35. The first-order valence-corrected chi connectivity index (χ1v) is 12.0. The number of carbonyl (C=O) groups excluding carboxylic acids is 1. The van der Waals surface area contributed by atoms with Gasteiger partial charge in [-0.15, -0.1) is 0 Å². The smallest absolute Gasteiger partial charge is 0.267 e. The van der Waals surface area contributed by atoms with Crippen molar-refractivity contribution in [3.8, 4) is 5.75 Å². The zero-order valence-electron chi connectivity index (χ0n) is 18.3. The highest BCUT2D eigenvalue weighted by Gasteiger charge is 2.37. The second-order valence-electron chi connectivity index (χ2n) is 7.97. The van der Waals surface area contributed by atoms with Crippen molar-refractivity contribution in [3.63, 3.8) is 0 Å². The van der Waals surface area contributed by atoms with Crippen LogP contribution in [0.4, 0.5) is 11.4 Å². The standard InChI is InChI=1S/C25H26N2O4S/c1-4-19-8-10-20(11-9-19)26-25(28)24-16-27(22-15-18(3)7-14-23(22)31-24)32(29,30)21-12-5-17(2)6-13-21/h5-15,24H,4,16H2,1-3H3,(H,26,28)/t24-/m1/s1. The van der Waals surface area contributed by atoms with Crippen LogP contribution in [-0.2, 0) is 21.2 Å². The molecule has 1 aliphatic rings. The molecule has 4 rings (SSSR count). The number of nitrogens with one attached hydrogen (secondary N) is 1. The molecule has 6 nitrogen and oxygen atoms in total. The van der Waals surface area contributed by atoms with E-state index in [1.807, 2.05) is 44.2 Å². The summed E-state index contributed by atoms with van der Waals surface area (Å²) in [6.45, 7) is 5.73. The maximum absolute atomic E-state index is 13.5. The molecule has 1 heterocycles. The molecule has 32 heavy (non-hydrogen) atoms. The molecule has 166 valence electrons. The second-order valence-corrected chi connectivity index (χ2v) is 9.83. The number of sulfonamides is 1. The van der Waals surface area contributed by atoms with Crippen molar-refractivity contribution in [1.29, 1.82) is 0 Å². The third kappa shape index (κ3) is 4.34. The van der Waals surface area contributed by atoms with Crippen LogP contribution in [0.15, 0.2) is 71.6 Å². The van der Waals surface area contributed by atoms with Crippen molar-refractivity contribution in [1.82, 2.24) is 0 Å². The summed E-state index contributed by atoms with van der Waals surface area (Å²) < 4.78 is 34.2. The number of hydrogen-bond donors (Lipinski definition) is 1. The van der Waals surface area contributed by atoms with Gasteiger partial charge in [-0.3, -0.25) is 9.10 Å². The van der Waals surface area contributed by atoms with Crippen LogP contribution in [0.2, 0.25) is 0 Å². The number of ether oxygens (including phenoxy) is 1. The number of benzene rings is 3. The lowest BCUT2D eigenvalue weighted by Crippen LogP contribution is -2.48. The zero-order chi connectivity index (χ0) is 22.9. The number of hydrogen-bond acceptors (Lipinski definition) is 4. The van der Waals surface area contributed by atoms with Crippen molar-refractivity contribution in [2.45, 2.75) is 38.2 Å². The van der Waals surface area contributed by atoms with Crippen LogP contribution in [0, 0.1) is 13.8 Å². The average Bonchev–Trinajstić information content (AvgIpc) is 2.79. The molecule has 0 bridgehead atoms. The molecule has 3 aromatic carbocycles. The molecule has 0 spiro atoms. The SMILES string of the molecule is CCc1ccc(NC(=O)[C@H]2CN(S(=O)(=O)c3ccc(C)cc3)c3cc(C)ccc3O2)cc1. The molecule has 0 unspecified atom stereocenters. The Morgan fingerprint density at radius 2 is 1.66 bits per heavy atom. The summed E-state index contributed by atoms with van der Waals surface area (Å²) in [7, 11) is -3.88. The minimum Gasteiger partial charge on any atom is -0.476 e. The summed E-state index contributed by atoms with van der Waals surface area (Å²) in [6, 6.07) is 19.5. The van der Waals surface area contributed by atoms with Crippen LogP contribution in [0.5, 0.6) is 5.75 Å². The molecule has 1 amide bonds. The Balaban J connectivity index is 1.66. The third-order valence-corrected chi connectivity index (χ3v) is 7.31. The fraction of sp³-hybridized carbons (Fsp3) is 0.240. The molecule has 0 radical (unpaired) electrons. The summed E-state index contributed by atoms with van der Waals surface area (Å²) in [6.07, 6.45) is -0.0848. The summed E-state index contributed by atoms with van der Waals surface area (Å²) in [5.74, 6) is -0.0383. The number of amides is 1. The average molecular weight is 451 g/mol. The molecule has 0 saturated carbocycles. The summed E-state index contributed by atoms with van der Waals surface area (Å²) in [5.41, 5.74) is 4.10. The van der Waals surface area contributed by atoms with E-state index in [9.17, 15) is 13.2 Å². The van der Waals surface area contributed by atoms with E-state index < -0.39 is 22.0 Å². The van der Waals surface area contributed by atoms with Gasteiger partial charge in [0.2, 0.25) is 0 Å². The van der Waals surface area contributed by atoms with Crippen molar-refractivity contribution in [2.24, 2.45) is 0 Å². The normalized spacial score (nSPS) is 15.6. The molecule has 0 aliphatic carbocycles. The molecule has 3 aromatic rings. The number of aryl methyl sites for hydroxylation is 3. The molecule has 1 N–H and O–H groups in total. The molecular formula is C25H26N2O4S. The van der Waals surface area contributed by atoms with Gasteiger partial charge in [0, 0.05) is 5.69 Å². The van der Waals surface area contributed by atoms with E-state index in [2.05, 4.69) is 12.2 Å². The Bertz CT molecular complexity index is 1240. The van der Waals surface area contributed by atoms with Gasteiger partial charge in [-0.1, -0.05) is 42.8 Å². The van der Waals surface area contributed by atoms with Crippen LogP contribution in [0.1, 0.15) is 23.6 Å². The third-order valence-electron chi connectivity index (χ3n) is 5.52. The van der Waals surface area contributed by atoms with Gasteiger partial charge in [0.25, 0.3) is 15.9 Å². The van der Waals surface area contributed by atoms with Crippen LogP contribution in [-0.4, -0.2) is 27.0 Å². The quantitative estimate of drug-likeness (QED) is 0.623. The van der Waals surface area contributed by atoms with Crippen molar-refractivity contribution >= 4 is 27.3 Å². The van der Waals surface area contributed by atoms with E-state index in [0.29, 0.717) is 17.1 Å². The number of anilines is 2. The molecule has 1 atom stereocenters.